The molecule has 1 N–H and O–H groups in total. The lowest BCUT2D eigenvalue weighted by molar-refractivity contribution is -0.132. The Bertz CT molecular complexity index is 727. The van der Waals surface area contributed by atoms with Crippen molar-refractivity contribution in [2.45, 2.75) is 19.3 Å². The minimum Gasteiger partial charge on any atom is -0.339 e. The van der Waals surface area contributed by atoms with E-state index in [1.807, 2.05) is 15.9 Å². The number of rotatable bonds is 4. The highest BCUT2D eigenvalue weighted by Gasteiger charge is 2.26. The third-order valence-electron chi connectivity index (χ3n) is 5.20. The van der Waals surface area contributed by atoms with E-state index in [0.717, 1.165) is 24.4 Å². The van der Waals surface area contributed by atoms with E-state index in [0.29, 0.717) is 38.5 Å². The second kappa shape index (κ2) is 7.43. The lowest BCUT2D eigenvalue weighted by Gasteiger charge is -2.34. The van der Waals surface area contributed by atoms with Crippen LogP contribution in [0.4, 0.5) is 0 Å². The van der Waals surface area contributed by atoms with Crippen molar-refractivity contribution in [3.8, 4) is 0 Å². The van der Waals surface area contributed by atoms with E-state index in [2.05, 4.69) is 16.8 Å². The van der Waals surface area contributed by atoms with Gasteiger partial charge < -0.3 is 15.1 Å². The number of carbonyl (C=O) groups is 2. The minimum absolute atomic E-state index is 0.109. The van der Waals surface area contributed by atoms with E-state index in [1.165, 1.54) is 15.8 Å². The monoisotopic (exact) mass is 377 g/mol. The Balaban J connectivity index is 1.27. The molecular formula is C18H23N3O2S2. The van der Waals surface area contributed by atoms with E-state index >= 15 is 0 Å². The Morgan fingerprint density at radius 1 is 1.16 bits per heavy atom. The van der Waals surface area contributed by atoms with Crippen LogP contribution in [0.2, 0.25) is 0 Å². The molecule has 2 aromatic rings. The zero-order valence-electron chi connectivity index (χ0n) is 14.2. The van der Waals surface area contributed by atoms with Crippen molar-refractivity contribution < 1.29 is 9.59 Å². The Morgan fingerprint density at radius 3 is 2.68 bits per heavy atom. The van der Waals surface area contributed by atoms with Gasteiger partial charge in [0.25, 0.3) is 5.91 Å². The summed E-state index contributed by atoms with van der Waals surface area (Å²) in [5.41, 5.74) is 0. The van der Waals surface area contributed by atoms with Gasteiger partial charge in [-0.25, -0.2) is 0 Å². The van der Waals surface area contributed by atoms with Gasteiger partial charge in [0.1, 0.15) is 0 Å². The van der Waals surface area contributed by atoms with Gasteiger partial charge >= 0.3 is 0 Å². The van der Waals surface area contributed by atoms with Crippen molar-refractivity contribution in [1.29, 1.82) is 0 Å². The molecule has 0 aromatic carbocycles. The second-order valence-electron chi connectivity index (χ2n) is 6.83. The maximum Gasteiger partial charge on any atom is 0.264 e. The van der Waals surface area contributed by atoms with E-state index < -0.39 is 0 Å². The van der Waals surface area contributed by atoms with Crippen LogP contribution in [0.5, 0.6) is 0 Å². The lowest BCUT2D eigenvalue weighted by atomic mass is 10.0. The summed E-state index contributed by atoms with van der Waals surface area (Å²) in [5.74, 6) is 1.01. The van der Waals surface area contributed by atoms with Gasteiger partial charge in [-0.2, -0.15) is 0 Å². The molecule has 2 aromatic heterocycles. The van der Waals surface area contributed by atoms with Crippen molar-refractivity contribution >= 4 is 43.9 Å². The molecule has 0 saturated carbocycles. The van der Waals surface area contributed by atoms with Crippen molar-refractivity contribution in [2.24, 2.45) is 5.92 Å². The van der Waals surface area contributed by atoms with Gasteiger partial charge in [-0.3, -0.25) is 9.59 Å². The lowest BCUT2D eigenvalue weighted by Crippen LogP contribution is -2.50. The Kier molecular flexibility index (Phi) is 5.05. The predicted octanol–water partition coefficient (Wildman–Crippen LogP) is 2.64. The molecule has 2 saturated heterocycles. The van der Waals surface area contributed by atoms with Gasteiger partial charge in [-0.15, -0.1) is 22.7 Å². The summed E-state index contributed by atoms with van der Waals surface area (Å²) in [6, 6.07) is 4.07. The van der Waals surface area contributed by atoms with Crippen LogP contribution in [0.15, 0.2) is 17.5 Å². The highest BCUT2D eigenvalue weighted by molar-refractivity contribution is 7.27. The molecule has 25 heavy (non-hydrogen) atoms. The van der Waals surface area contributed by atoms with Crippen LogP contribution in [0, 0.1) is 5.92 Å². The Labute approximate surface area is 155 Å². The highest BCUT2D eigenvalue weighted by Crippen LogP contribution is 2.30. The quantitative estimate of drug-likeness (QED) is 0.891. The van der Waals surface area contributed by atoms with Gasteiger partial charge in [-0.05, 0) is 49.4 Å². The molecule has 0 spiro atoms. The van der Waals surface area contributed by atoms with E-state index in [1.54, 1.807) is 22.7 Å². The number of piperazine rings is 1. The molecule has 134 valence electrons. The first-order chi connectivity index (χ1) is 12.2. The van der Waals surface area contributed by atoms with Crippen molar-refractivity contribution in [3.05, 3.63) is 22.4 Å². The predicted molar refractivity (Wildman–Crippen MR) is 102 cm³/mol. The molecule has 2 aliphatic heterocycles. The summed E-state index contributed by atoms with van der Waals surface area (Å²) < 4.78 is 2.37. The van der Waals surface area contributed by atoms with Crippen LogP contribution in [-0.2, 0) is 4.79 Å². The fourth-order valence-corrected chi connectivity index (χ4v) is 5.71. The number of nitrogens with zero attached hydrogens (tertiary/aromatic N) is 2. The molecule has 2 aliphatic rings. The average molecular weight is 378 g/mol. The number of thiophene rings is 2. The number of fused-ring (bicyclic) bond motifs is 1. The molecule has 4 heterocycles. The first-order valence-electron chi connectivity index (χ1n) is 8.95. The number of hydrogen-bond acceptors (Lipinski definition) is 5. The SMILES string of the molecule is O=C(CCC1CCNC1)N1CCN(C(=O)c2cc3sccc3s2)CC1. The second-order valence-corrected chi connectivity index (χ2v) is 8.86. The van der Waals surface area contributed by atoms with E-state index in [4.69, 9.17) is 0 Å². The standard InChI is InChI=1S/C18H23N3O2S2/c22-17(2-1-13-3-5-19-12-13)20-6-8-21(9-7-20)18(23)16-11-15-14(25-16)4-10-24-15/h4,10-11,13,19H,1-3,5-9,12H2. The Hall–Kier alpha value is -1.44. The van der Waals surface area contributed by atoms with Gasteiger partial charge in [0.15, 0.2) is 0 Å². The summed E-state index contributed by atoms with van der Waals surface area (Å²) >= 11 is 3.24. The zero-order chi connectivity index (χ0) is 17.2. The molecule has 0 radical (unpaired) electrons. The zero-order valence-corrected chi connectivity index (χ0v) is 15.8. The molecule has 7 heteroatoms. The summed E-state index contributed by atoms with van der Waals surface area (Å²) in [5, 5.41) is 5.41. The van der Waals surface area contributed by atoms with Gasteiger partial charge in [-0.1, -0.05) is 0 Å². The Morgan fingerprint density at radius 2 is 1.96 bits per heavy atom. The van der Waals surface area contributed by atoms with Crippen LogP contribution in [0.3, 0.4) is 0 Å². The molecule has 1 atom stereocenters. The first kappa shape index (κ1) is 17.0. The summed E-state index contributed by atoms with van der Waals surface area (Å²) in [6.45, 7) is 4.73. The maximum absolute atomic E-state index is 12.7. The number of nitrogens with one attached hydrogen (secondary N) is 1. The summed E-state index contributed by atoms with van der Waals surface area (Å²) in [4.78, 5) is 29.7. The first-order valence-corrected chi connectivity index (χ1v) is 10.6. The largest absolute Gasteiger partial charge is 0.339 e. The fraction of sp³-hybridized carbons (Fsp3) is 0.556. The third-order valence-corrected chi connectivity index (χ3v) is 7.28. The van der Waals surface area contributed by atoms with E-state index in [-0.39, 0.29) is 11.8 Å². The topological polar surface area (TPSA) is 52.7 Å². The van der Waals surface area contributed by atoms with Crippen LogP contribution < -0.4 is 5.32 Å². The van der Waals surface area contributed by atoms with Crippen LogP contribution in [0.1, 0.15) is 28.9 Å². The molecule has 0 aliphatic carbocycles. The van der Waals surface area contributed by atoms with Crippen molar-refractivity contribution in [3.63, 3.8) is 0 Å². The number of hydrogen-bond donors (Lipinski definition) is 1. The van der Waals surface area contributed by atoms with Crippen molar-refractivity contribution in [1.82, 2.24) is 15.1 Å². The van der Waals surface area contributed by atoms with Crippen LogP contribution in [0.25, 0.3) is 9.40 Å². The highest BCUT2D eigenvalue weighted by atomic mass is 32.1. The van der Waals surface area contributed by atoms with E-state index in [9.17, 15) is 9.59 Å². The smallest absolute Gasteiger partial charge is 0.264 e. The molecule has 2 fully saturated rings. The normalized spacial score (nSPS) is 21.2. The van der Waals surface area contributed by atoms with Crippen molar-refractivity contribution in [2.75, 3.05) is 39.3 Å². The van der Waals surface area contributed by atoms with Crippen LogP contribution in [-0.4, -0.2) is 60.9 Å². The van der Waals surface area contributed by atoms with Gasteiger partial charge in [0, 0.05) is 42.0 Å². The average Bonchev–Trinajstić information content (AvgIpc) is 3.36. The molecule has 0 bridgehead atoms. The molecule has 2 amide bonds. The van der Waals surface area contributed by atoms with Crippen LogP contribution >= 0.6 is 22.7 Å². The number of carbonyl (C=O) groups excluding carboxylic acids is 2. The van der Waals surface area contributed by atoms with Gasteiger partial charge in [0.05, 0.1) is 4.88 Å². The number of amides is 2. The summed E-state index contributed by atoms with van der Waals surface area (Å²) in [7, 11) is 0. The fourth-order valence-electron chi connectivity index (χ4n) is 3.63. The molecule has 1 unspecified atom stereocenters. The summed E-state index contributed by atoms with van der Waals surface area (Å²) in [6.07, 6.45) is 2.81. The molecular weight excluding hydrogens is 354 g/mol. The molecule has 5 nitrogen and oxygen atoms in total. The maximum atomic E-state index is 12.7. The minimum atomic E-state index is 0.109. The third kappa shape index (κ3) is 3.73. The van der Waals surface area contributed by atoms with Gasteiger partial charge in [0.2, 0.25) is 5.91 Å². The molecule has 4 rings (SSSR count).